The third kappa shape index (κ3) is 3.73. The first-order valence-electron chi connectivity index (χ1n) is 8.81. The standard InChI is InChI=1S/C20H17N6O2S/c21-10-16(29-27)14-9-5-4-8-13(14)15-11-23-18(22)17(24-15)20-26-25-19(28-20)12-6-2-1-3-7-12/h1-9,11,16H,10,21H2,(H2,22,23)/q+1. The first-order chi connectivity index (χ1) is 14.2. The molecule has 4 rings (SSSR count). The van der Waals surface area contributed by atoms with E-state index in [1.54, 1.807) is 6.20 Å². The third-order valence-electron chi connectivity index (χ3n) is 4.36. The number of nitrogen functional groups attached to an aromatic ring is 1. The van der Waals surface area contributed by atoms with Gasteiger partial charge in [0.15, 0.2) is 11.5 Å². The summed E-state index contributed by atoms with van der Waals surface area (Å²) in [7, 11) is 0. The maximum absolute atomic E-state index is 11.5. The second-order valence-corrected chi connectivity index (χ2v) is 6.94. The molecule has 2 heterocycles. The average molecular weight is 405 g/mol. The van der Waals surface area contributed by atoms with Crippen molar-refractivity contribution in [1.29, 1.82) is 0 Å². The zero-order valence-electron chi connectivity index (χ0n) is 15.2. The van der Waals surface area contributed by atoms with Gasteiger partial charge in [0, 0.05) is 20.9 Å². The number of hydrogen-bond acceptors (Lipinski definition) is 8. The first kappa shape index (κ1) is 18.8. The van der Waals surface area contributed by atoms with Gasteiger partial charge in [0.2, 0.25) is 5.89 Å². The summed E-state index contributed by atoms with van der Waals surface area (Å²) in [5.74, 6) is 0.698. The van der Waals surface area contributed by atoms with Gasteiger partial charge in [-0.1, -0.05) is 42.5 Å². The molecule has 0 amide bonds. The molecule has 29 heavy (non-hydrogen) atoms. The van der Waals surface area contributed by atoms with Crippen molar-refractivity contribution in [3.05, 3.63) is 66.4 Å². The Balaban J connectivity index is 1.77. The molecule has 0 fully saturated rings. The van der Waals surface area contributed by atoms with E-state index in [2.05, 4.69) is 20.2 Å². The van der Waals surface area contributed by atoms with E-state index >= 15 is 0 Å². The van der Waals surface area contributed by atoms with Crippen LogP contribution in [-0.4, -0.2) is 26.7 Å². The Morgan fingerprint density at radius 1 is 1.00 bits per heavy atom. The maximum Gasteiger partial charge on any atom is 0.468 e. The molecule has 2 aromatic heterocycles. The van der Waals surface area contributed by atoms with Gasteiger partial charge < -0.3 is 15.9 Å². The Morgan fingerprint density at radius 2 is 1.72 bits per heavy atom. The number of nitrogens with two attached hydrogens (primary N) is 2. The summed E-state index contributed by atoms with van der Waals surface area (Å²) >= 11 is 0.448. The van der Waals surface area contributed by atoms with Crippen LogP contribution in [-0.2, 0) is 15.9 Å². The predicted molar refractivity (Wildman–Crippen MR) is 110 cm³/mol. The van der Waals surface area contributed by atoms with Crippen LogP contribution in [0.4, 0.5) is 5.82 Å². The van der Waals surface area contributed by atoms with Crippen LogP contribution in [0.15, 0.2) is 65.2 Å². The molecule has 0 aliphatic carbocycles. The number of rotatable bonds is 6. The lowest BCUT2D eigenvalue weighted by molar-refractivity contribution is 0.582. The van der Waals surface area contributed by atoms with Gasteiger partial charge in [-0.05, 0) is 12.1 Å². The lowest BCUT2D eigenvalue weighted by atomic mass is 10.0. The van der Waals surface area contributed by atoms with Crippen LogP contribution < -0.4 is 11.5 Å². The lowest BCUT2D eigenvalue weighted by Gasteiger charge is -2.09. The normalized spacial score (nSPS) is 11.9. The Bertz CT molecular complexity index is 1150. The molecule has 0 spiro atoms. The molecule has 0 saturated heterocycles. The largest absolute Gasteiger partial charge is 0.468 e. The smallest absolute Gasteiger partial charge is 0.414 e. The molecule has 0 saturated carbocycles. The Hall–Kier alpha value is -3.56. The van der Waals surface area contributed by atoms with Crippen LogP contribution in [0.5, 0.6) is 0 Å². The van der Waals surface area contributed by atoms with Crippen LogP contribution >= 0.6 is 0 Å². The van der Waals surface area contributed by atoms with Crippen molar-refractivity contribution in [2.24, 2.45) is 5.73 Å². The number of hydrogen-bond donors (Lipinski definition) is 2. The third-order valence-corrected chi connectivity index (χ3v) is 5.04. The molecule has 0 bridgehead atoms. The van der Waals surface area contributed by atoms with Gasteiger partial charge in [-0.3, -0.25) is 0 Å². The van der Waals surface area contributed by atoms with E-state index in [9.17, 15) is 4.21 Å². The summed E-state index contributed by atoms with van der Waals surface area (Å²) in [6, 6.07) is 16.8. The fourth-order valence-corrected chi connectivity index (χ4v) is 3.32. The molecule has 1 atom stereocenters. The fourth-order valence-electron chi connectivity index (χ4n) is 2.93. The minimum Gasteiger partial charge on any atom is -0.414 e. The van der Waals surface area contributed by atoms with Crippen LogP contribution in [0.25, 0.3) is 34.3 Å². The summed E-state index contributed by atoms with van der Waals surface area (Å²) in [4.78, 5) is 8.83. The van der Waals surface area contributed by atoms with E-state index in [-0.39, 0.29) is 23.9 Å². The van der Waals surface area contributed by atoms with Crippen LogP contribution in [0, 0.1) is 0 Å². The van der Waals surface area contributed by atoms with Crippen LogP contribution in [0.1, 0.15) is 10.8 Å². The molecule has 0 radical (unpaired) electrons. The quantitative estimate of drug-likeness (QED) is 0.468. The summed E-state index contributed by atoms with van der Waals surface area (Å²) in [6.07, 6.45) is 1.55. The topological polar surface area (TPSA) is 134 Å². The summed E-state index contributed by atoms with van der Waals surface area (Å²) in [5.41, 5.74) is 14.9. The van der Waals surface area contributed by atoms with Gasteiger partial charge in [0.25, 0.3) is 11.1 Å². The van der Waals surface area contributed by atoms with Crippen molar-refractivity contribution < 1.29 is 8.63 Å². The summed E-state index contributed by atoms with van der Waals surface area (Å²) < 4.78 is 17.2. The van der Waals surface area contributed by atoms with Gasteiger partial charge in [-0.25, -0.2) is 9.97 Å². The van der Waals surface area contributed by atoms with E-state index in [4.69, 9.17) is 15.9 Å². The lowest BCUT2D eigenvalue weighted by Crippen LogP contribution is -2.12. The minimum atomic E-state index is -0.401. The van der Waals surface area contributed by atoms with Crippen molar-refractivity contribution in [3.63, 3.8) is 0 Å². The second kappa shape index (κ2) is 8.21. The summed E-state index contributed by atoms with van der Waals surface area (Å²) in [5, 5.41) is 7.75. The highest BCUT2D eigenvalue weighted by molar-refractivity contribution is 7.65. The molecule has 0 aliphatic heterocycles. The van der Waals surface area contributed by atoms with Gasteiger partial charge in [0.1, 0.15) is 0 Å². The molecule has 2 aromatic carbocycles. The van der Waals surface area contributed by atoms with Gasteiger partial charge in [0.05, 0.1) is 18.4 Å². The zero-order valence-corrected chi connectivity index (χ0v) is 16.0. The zero-order chi connectivity index (χ0) is 20.2. The summed E-state index contributed by atoms with van der Waals surface area (Å²) in [6.45, 7) is 0.213. The molecule has 1 unspecified atom stereocenters. The molecule has 4 N–H and O–H groups in total. The average Bonchev–Trinajstić information content (AvgIpc) is 3.26. The van der Waals surface area contributed by atoms with Crippen molar-refractivity contribution in [1.82, 2.24) is 20.2 Å². The Morgan fingerprint density at radius 3 is 2.48 bits per heavy atom. The SMILES string of the molecule is NCC([S+]=O)c1ccccc1-c1cnc(N)c(-c2nnc(-c3ccccc3)o2)n1. The number of nitrogens with zero attached hydrogens (tertiary/aromatic N) is 4. The first-order valence-corrected chi connectivity index (χ1v) is 9.61. The van der Waals surface area contributed by atoms with Gasteiger partial charge in [-0.15, -0.1) is 10.2 Å². The highest BCUT2D eigenvalue weighted by Crippen LogP contribution is 2.31. The highest BCUT2D eigenvalue weighted by Gasteiger charge is 2.26. The van der Waals surface area contributed by atoms with Crippen LogP contribution in [0.2, 0.25) is 0 Å². The van der Waals surface area contributed by atoms with E-state index in [0.717, 1.165) is 16.7 Å². The predicted octanol–water partition coefficient (Wildman–Crippen LogP) is 2.87. The molecule has 144 valence electrons. The van der Waals surface area contributed by atoms with E-state index in [0.29, 0.717) is 23.3 Å². The van der Waals surface area contributed by atoms with E-state index in [1.165, 1.54) is 0 Å². The molecule has 8 nitrogen and oxygen atoms in total. The molecule has 9 heteroatoms. The number of aromatic nitrogens is 4. The van der Waals surface area contributed by atoms with Crippen LogP contribution in [0.3, 0.4) is 0 Å². The van der Waals surface area contributed by atoms with Crippen molar-refractivity contribution in [2.45, 2.75) is 5.25 Å². The van der Waals surface area contributed by atoms with Gasteiger partial charge >= 0.3 is 11.7 Å². The monoisotopic (exact) mass is 405 g/mol. The van der Waals surface area contributed by atoms with E-state index in [1.807, 2.05) is 54.6 Å². The molecule has 0 aliphatic rings. The Labute approximate surface area is 170 Å². The molecular weight excluding hydrogens is 388 g/mol. The molecule has 4 aromatic rings. The van der Waals surface area contributed by atoms with Crippen molar-refractivity contribution in [3.8, 4) is 34.3 Å². The van der Waals surface area contributed by atoms with Crippen molar-refractivity contribution >= 4 is 17.5 Å². The minimum absolute atomic E-state index is 0.168. The number of benzene rings is 2. The van der Waals surface area contributed by atoms with Crippen molar-refractivity contribution in [2.75, 3.05) is 12.3 Å². The van der Waals surface area contributed by atoms with E-state index < -0.39 is 5.25 Å². The van der Waals surface area contributed by atoms with Gasteiger partial charge in [-0.2, -0.15) is 0 Å². The highest BCUT2D eigenvalue weighted by atomic mass is 32.1. The number of anilines is 1. The Kier molecular flexibility index (Phi) is 5.32. The molecular formula is C20H17N6O2S+. The maximum atomic E-state index is 11.5. The second-order valence-electron chi connectivity index (χ2n) is 6.18. The fraction of sp³-hybridized carbons (Fsp3) is 0.100.